The number of hydrogen-bond donors (Lipinski definition) is 1. The molecule has 0 saturated heterocycles. The third-order valence-electron chi connectivity index (χ3n) is 4.54. The molecule has 3 nitrogen and oxygen atoms in total. The summed E-state index contributed by atoms with van der Waals surface area (Å²) in [6.45, 7) is 28.6. The normalized spacial score (nSPS) is 13.5. The first-order chi connectivity index (χ1) is 11.3. The number of nitrogens with zero attached hydrogens (tertiary/aromatic N) is 1. The van der Waals surface area contributed by atoms with Crippen LogP contribution in [0.1, 0.15) is 81.6 Å². The lowest BCUT2D eigenvalue weighted by Crippen LogP contribution is -2.48. The average Bonchev–Trinajstić information content (AvgIpc) is 2.43. The van der Waals surface area contributed by atoms with Crippen molar-refractivity contribution < 1.29 is 9.28 Å². The van der Waals surface area contributed by atoms with E-state index in [1.807, 2.05) is 6.08 Å². The number of nitrogens with one attached hydrogen (secondary N) is 1. The molecule has 0 radical (unpaired) electrons. The monoisotopic (exact) mass is 355 g/mol. The number of carbonyl (C=O) groups excluding carboxylic acids is 1. The maximum Gasteiger partial charge on any atom is 0.207 e. The number of hydrogen-bond acceptors (Lipinski definition) is 1. The van der Waals surface area contributed by atoms with Crippen LogP contribution in [0.2, 0.25) is 0 Å². The molecular weight excluding hydrogens is 308 g/mol. The summed E-state index contributed by atoms with van der Waals surface area (Å²) in [5.41, 5.74) is 0.969. The Morgan fingerprint density at radius 3 is 1.80 bits per heavy atom. The zero-order valence-electron chi connectivity index (χ0n) is 18.7. The van der Waals surface area contributed by atoms with Crippen LogP contribution < -0.4 is 5.32 Å². The van der Waals surface area contributed by atoms with Gasteiger partial charge in [0, 0.05) is 6.04 Å². The summed E-state index contributed by atoms with van der Waals surface area (Å²) in [7, 11) is 0. The highest BCUT2D eigenvalue weighted by Gasteiger charge is 2.21. The molecule has 25 heavy (non-hydrogen) atoms. The quantitative estimate of drug-likeness (QED) is 0.317. The molecule has 0 aromatic rings. The zero-order valence-corrected chi connectivity index (χ0v) is 18.7. The Bertz CT molecular complexity index is 334. The highest BCUT2D eigenvalue weighted by Crippen LogP contribution is 2.31. The summed E-state index contributed by atoms with van der Waals surface area (Å²) in [5, 5.41) is 2.79. The molecule has 0 aliphatic heterocycles. The second kappa shape index (κ2) is 12.5. The molecule has 0 aromatic heterocycles. The molecule has 1 unspecified atom stereocenters. The summed E-state index contributed by atoms with van der Waals surface area (Å²) < 4.78 is 1.11. The van der Waals surface area contributed by atoms with E-state index in [0.29, 0.717) is 10.8 Å². The van der Waals surface area contributed by atoms with Gasteiger partial charge in [-0.2, -0.15) is 0 Å². The van der Waals surface area contributed by atoms with E-state index >= 15 is 0 Å². The minimum atomic E-state index is 0.289. The van der Waals surface area contributed by atoms with Crippen molar-refractivity contribution in [2.45, 2.75) is 87.6 Å². The van der Waals surface area contributed by atoms with Crippen molar-refractivity contribution in [2.24, 2.45) is 10.8 Å². The van der Waals surface area contributed by atoms with Crippen molar-refractivity contribution in [3.63, 3.8) is 0 Å². The minimum Gasteiger partial charge on any atom is -0.356 e. The first kappa shape index (κ1) is 26.4. The van der Waals surface area contributed by atoms with Gasteiger partial charge in [0.1, 0.15) is 0 Å². The number of rotatable bonds is 10. The highest BCUT2D eigenvalue weighted by molar-refractivity contribution is 5.46. The van der Waals surface area contributed by atoms with E-state index in [1.54, 1.807) is 0 Å². The van der Waals surface area contributed by atoms with Crippen LogP contribution in [-0.2, 0) is 4.79 Å². The van der Waals surface area contributed by atoms with E-state index in [4.69, 9.17) is 0 Å². The van der Waals surface area contributed by atoms with Gasteiger partial charge in [0.05, 0.1) is 26.2 Å². The van der Waals surface area contributed by atoms with E-state index in [9.17, 15) is 4.79 Å². The maximum absolute atomic E-state index is 10.3. The fraction of sp³-hybridized carbons (Fsp3) is 0.864. The van der Waals surface area contributed by atoms with Crippen LogP contribution in [0.4, 0.5) is 0 Å². The van der Waals surface area contributed by atoms with Crippen LogP contribution in [0, 0.1) is 10.8 Å². The predicted molar refractivity (Wildman–Crippen MR) is 113 cm³/mol. The SMILES string of the molecule is C=CC[N+](CC)(CC)CCCC(C)NC=O.CC(C)(C)CC(C)(C)C. The first-order valence-corrected chi connectivity index (χ1v) is 10.0. The van der Waals surface area contributed by atoms with Gasteiger partial charge >= 0.3 is 0 Å². The Morgan fingerprint density at radius 1 is 1.04 bits per heavy atom. The van der Waals surface area contributed by atoms with Crippen LogP contribution >= 0.6 is 0 Å². The second-order valence-electron chi connectivity index (χ2n) is 9.79. The van der Waals surface area contributed by atoms with Gasteiger partial charge in [-0.15, -0.1) is 0 Å². The number of amides is 1. The van der Waals surface area contributed by atoms with E-state index in [2.05, 4.69) is 74.2 Å². The summed E-state index contributed by atoms with van der Waals surface area (Å²) in [4.78, 5) is 10.3. The number of quaternary nitrogens is 1. The van der Waals surface area contributed by atoms with Crippen LogP contribution in [0.5, 0.6) is 0 Å². The molecule has 0 heterocycles. The topological polar surface area (TPSA) is 29.1 Å². The molecule has 0 fully saturated rings. The third kappa shape index (κ3) is 16.4. The molecule has 150 valence electrons. The van der Waals surface area contributed by atoms with E-state index in [1.165, 1.54) is 13.0 Å². The van der Waals surface area contributed by atoms with E-state index < -0.39 is 0 Å². The highest BCUT2D eigenvalue weighted by atomic mass is 16.1. The molecule has 0 aliphatic rings. The van der Waals surface area contributed by atoms with E-state index in [0.717, 1.165) is 43.4 Å². The fourth-order valence-corrected chi connectivity index (χ4v) is 3.69. The smallest absolute Gasteiger partial charge is 0.207 e. The van der Waals surface area contributed by atoms with Gasteiger partial charge in [-0.1, -0.05) is 48.1 Å². The van der Waals surface area contributed by atoms with Gasteiger partial charge in [0.15, 0.2) is 0 Å². The van der Waals surface area contributed by atoms with Crippen molar-refractivity contribution in [1.29, 1.82) is 0 Å². The summed E-state index contributed by atoms with van der Waals surface area (Å²) in [5.74, 6) is 0. The lowest BCUT2D eigenvalue weighted by atomic mass is 9.78. The molecule has 0 saturated carbocycles. The summed E-state index contributed by atoms with van der Waals surface area (Å²) >= 11 is 0. The molecule has 1 atom stereocenters. The van der Waals surface area contributed by atoms with Crippen molar-refractivity contribution in [1.82, 2.24) is 5.32 Å². The van der Waals surface area contributed by atoms with E-state index in [-0.39, 0.29) is 6.04 Å². The van der Waals surface area contributed by atoms with Gasteiger partial charge in [-0.25, -0.2) is 0 Å². The van der Waals surface area contributed by atoms with Crippen LogP contribution in [-0.4, -0.2) is 43.1 Å². The molecule has 1 amide bonds. The molecule has 0 spiro atoms. The first-order valence-electron chi connectivity index (χ1n) is 10.0. The lowest BCUT2D eigenvalue weighted by Gasteiger charge is -2.36. The van der Waals surface area contributed by atoms with Crippen molar-refractivity contribution >= 4 is 6.41 Å². The Hall–Kier alpha value is -0.830. The molecule has 0 aromatic carbocycles. The molecule has 1 N–H and O–H groups in total. The Labute approximate surface area is 158 Å². The Morgan fingerprint density at radius 2 is 1.52 bits per heavy atom. The zero-order chi connectivity index (χ0) is 20.1. The molecule has 0 bridgehead atoms. The van der Waals surface area contributed by atoms with Crippen molar-refractivity contribution in [3.05, 3.63) is 12.7 Å². The molecule has 3 heteroatoms. The standard InChI is InChI=1S/C13H26N2O.C9H20/c1-5-10-15(6-2,7-3)11-8-9-13(4)14-12-16;1-8(2,3)7-9(4,5)6/h5,12-13H,1,6-11H2,2-4H3;7H2,1-6H3/p+1. The van der Waals surface area contributed by atoms with Crippen molar-refractivity contribution in [2.75, 3.05) is 26.2 Å². The fourth-order valence-electron chi connectivity index (χ4n) is 3.69. The second-order valence-corrected chi connectivity index (χ2v) is 9.79. The summed E-state index contributed by atoms with van der Waals surface area (Å²) in [6.07, 6.45) is 6.30. The minimum absolute atomic E-state index is 0.289. The Kier molecular flexibility index (Phi) is 13.2. The van der Waals surface area contributed by atoms with Crippen LogP contribution in [0.15, 0.2) is 12.7 Å². The largest absolute Gasteiger partial charge is 0.356 e. The Balaban J connectivity index is 0. The van der Waals surface area contributed by atoms with Gasteiger partial charge in [0.25, 0.3) is 0 Å². The lowest BCUT2D eigenvalue weighted by molar-refractivity contribution is -0.919. The van der Waals surface area contributed by atoms with Crippen molar-refractivity contribution in [3.8, 4) is 0 Å². The number of likely N-dealkylation sites (N-methyl/N-ethyl adjacent to an activating group) is 1. The van der Waals surface area contributed by atoms with Gasteiger partial charge in [-0.3, -0.25) is 4.79 Å². The molecule has 0 rings (SSSR count). The van der Waals surface area contributed by atoms with Crippen LogP contribution in [0.3, 0.4) is 0 Å². The predicted octanol–water partition coefficient (Wildman–Crippen LogP) is 5.41. The van der Waals surface area contributed by atoms with Gasteiger partial charge in [-0.05, 0) is 56.9 Å². The third-order valence-corrected chi connectivity index (χ3v) is 4.54. The van der Waals surface area contributed by atoms with Crippen LogP contribution in [0.25, 0.3) is 0 Å². The number of carbonyl (C=O) groups is 1. The maximum atomic E-state index is 10.3. The molecule has 0 aliphatic carbocycles. The summed E-state index contributed by atoms with van der Waals surface area (Å²) in [6, 6.07) is 0.289. The molecular formula is C22H47N2O+. The average molecular weight is 356 g/mol. The van der Waals surface area contributed by atoms with Gasteiger partial charge < -0.3 is 9.80 Å². The van der Waals surface area contributed by atoms with Gasteiger partial charge in [0.2, 0.25) is 6.41 Å².